The number of likely N-dealkylation sites (tertiary alicyclic amines) is 1. The minimum atomic E-state index is -5.04. The zero-order chi connectivity index (χ0) is 33.1. The highest BCUT2D eigenvalue weighted by atomic mass is 19.4. The first-order chi connectivity index (χ1) is 21.7. The summed E-state index contributed by atoms with van der Waals surface area (Å²) < 4.78 is 97.2. The molecule has 6 nitrogen and oxygen atoms in total. The van der Waals surface area contributed by atoms with E-state index in [1.807, 2.05) is 0 Å². The van der Waals surface area contributed by atoms with Crippen LogP contribution in [0, 0.1) is 17.2 Å². The third kappa shape index (κ3) is 8.58. The van der Waals surface area contributed by atoms with Crippen molar-refractivity contribution in [3.8, 4) is 0 Å². The van der Waals surface area contributed by atoms with Crippen molar-refractivity contribution in [2.75, 3.05) is 39.3 Å². The van der Waals surface area contributed by atoms with Crippen molar-refractivity contribution >= 4 is 11.8 Å². The highest BCUT2D eigenvalue weighted by molar-refractivity contribution is 5.94. The summed E-state index contributed by atoms with van der Waals surface area (Å²) in [5.41, 5.74) is -4.04. The van der Waals surface area contributed by atoms with Crippen LogP contribution in [-0.2, 0) is 30.2 Å². The Kier molecular flexibility index (Phi) is 10.3. The van der Waals surface area contributed by atoms with Crippen LogP contribution in [0.15, 0.2) is 36.4 Å². The molecule has 2 heterocycles. The maximum absolute atomic E-state index is 15.3. The number of benzene rings is 2. The Morgan fingerprint density at radius 3 is 2.07 bits per heavy atom. The maximum Gasteiger partial charge on any atom is 0.416 e. The molecule has 2 aromatic carbocycles. The van der Waals surface area contributed by atoms with Gasteiger partial charge >= 0.3 is 12.4 Å². The van der Waals surface area contributed by atoms with E-state index in [0.717, 1.165) is 44.8 Å². The molecule has 5 rings (SSSR count). The van der Waals surface area contributed by atoms with Crippen LogP contribution < -0.4 is 10.6 Å². The van der Waals surface area contributed by atoms with Gasteiger partial charge < -0.3 is 20.4 Å². The fourth-order valence-corrected chi connectivity index (χ4v) is 6.64. The Labute approximate surface area is 263 Å². The molecule has 3 aliphatic rings. The van der Waals surface area contributed by atoms with Crippen LogP contribution in [0.25, 0.3) is 0 Å². The first kappa shape index (κ1) is 34.2. The van der Waals surface area contributed by atoms with Crippen LogP contribution in [0.1, 0.15) is 77.6 Å². The number of carbonyl (C=O) groups is 2. The van der Waals surface area contributed by atoms with Gasteiger partial charge in [0.1, 0.15) is 5.82 Å². The Morgan fingerprint density at radius 2 is 1.50 bits per heavy atom. The number of hydrogen-bond acceptors (Lipinski definition) is 4. The molecule has 2 amide bonds. The summed E-state index contributed by atoms with van der Waals surface area (Å²) >= 11 is 0. The topological polar surface area (TPSA) is 64.7 Å². The maximum atomic E-state index is 15.3. The number of halogens is 7. The molecule has 3 fully saturated rings. The highest BCUT2D eigenvalue weighted by Gasteiger charge is 2.46. The van der Waals surface area contributed by atoms with E-state index in [-0.39, 0.29) is 35.2 Å². The number of carbonyl (C=O) groups excluding carboxylic acids is 2. The van der Waals surface area contributed by atoms with Crippen LogP contribution in [0.5, 0.6) is 0 Å². The van der Waals surface area contributed by atoms with Crippen LogP contribution in [0.3, 0.4) is 0 Å². The molecule has 0 radical (unpaired) electrons. The summed E-state index contributed by atoms with van der Waals surface area (Å²) in [4.78, 5) is 30.5. The average molecular weight is 657 g/mol. The lowest BCUT2D eigenvalue weighted by molar-refractivity contribution is -0.146. The second-order valence-corrected chi connectivity index (χ2v) is 12.9. The molecule has 0 bridgehead atoms. The van der Waals surface area contributed by atoms with Gasteiger partial charge in [-0.1, -0.05) is 18.9 Å². The number of rotatable bonds is 11. The van der Waals surface area contributed by atoms with Gasteiger partial charge in [0.25, 0.3) is 5.91 Å². The summed E-state index contributed by atoms with van der Waals surface area (Å²) in [6.45, 7) is 3.18. The van der Waals surface area contributed by atoms with E-state index >= 15 is 4.39 Å². The quantitative estimate of drug-likeness (QED) is 0.276. The van der Waals surface area contributed by atoms with Gasteiger partial charge in [-0.3, -0.25) is 9.59 Å². The monoisotopic (exact) mass is 656 g/mol. The summed E-state index contributed by atoms with van der Waals surface area (Å²) in [5.74, 6) is -1.49. The Hall–Kier alpha value is -3.19. The molecule has 0 spiro atoms. The summed E-state index contributed by atoms with van der Waals surface area (Å²) in [6, 6.07) is 5.15. The lowest BCUT2D eigenvalue weighted by Crippen LogP contribution is -2.49. The van der Waals surface area contributed by atoms with Gasteiger partial charge in [-0.2, -0.15) is 26.3 Å². The van der Waals surface area contributed by atoms with E-state index in [1.165, 1.54) is 17.0 Å². The number of nitrogens with one attached hydrogen (secondary N) is 2. The van der Waals surface area contributed by atoms with Crippen molar-refractivity contribution in [1.29, 1.82) is 0 Å². The summed E-state index contributed by atoms with van der Waals surface area (Å²) in [7, 11) is 0. The van der Waals surface area contributed by atoms with E-state index in [2.05, 4.69) is 15.5 Å². The van der Waals surface area contributed by atoms with Gasteiger partial charge in [-0.15, -0.1) is 0 Å². The molecule has 46 heavy (non-hydrogen) atoms. The smallest absolute Gasteiger partial charge is 0.351 e. The first-order valence-electron chi connectivity index (χ1n) is 15.8. The second-order valence-electron chi connectivity index (χ2n) is 12.9. The third-order valence-corrected chi connectivity index (χ3v) is 9.26. The van der Waals surface area contributed by atoms with Gasteiger partial charge in [-0.05, 0) is 106 Å². The van der Waals surface area contributed by atoms with E-state index in [0.29, 0.717) is 63.5 Å². The molecule has 252 valence electrons. The van der Waals surface area contributed by atoms with Gasteiger partial charge in [0.2, 0.25) is 5.91 Å². The molecule has 2 saturated heterocycles. The Morgan fingerprint density at radius 1 is 0.891 bits per heavy atom. The van der Waals surface area contributed by atoms with Gasteiger partial charge in [0.05, 0.1) is 22.1 Å². The normalized spacial score (nSPS) is 18.8. The molecule has 2 aliphatic heterocycles. The molecular formula is C33H39F7N4O2. The second kappa shape index (κ2) is 13.9. The van der Waals surface area contributed by atoms with Crippen molar-refractivity contribution in [3.05, 3.63) is 70.0 Å². The predicted octanol–water partition coefficient (Wildman–Crippen LogP) is 6.39. The van der Waals surface area contributed by atoms with Crippen molar-refractivity contribution in [2.24, 2.45) is 11.3 Å². The lowest BCUT2D eigenvalue weighted by Gasteiger charge is -2.40. The number of amides is 2. The highest BCUT2D eigenvalue weighted by Crippen LogP contribution is 2.46. The van der Waals surface area contributed by atoms with Gasteiger partial charge in [0.15, 0.2) is 0 Å². The van der Waals surface area contributed by atoms with E-state index < -0.39 is 47.2 Å². The molecule has 0 atom stereocenters. The summed E-state index contributed by atoms with van der Waals surface area (Å²) in [5, 5.41) is 5.93. The van der Waals surface area contributed by atoms with Crippen molar-refractivity contribution in [3.63, 3.8) is 0 Å². The molecule has 1 saturated carbocycles. The van der Waals surface area contributed by atoms with Crippen molar-refractivity contribution < 1.29 is 40.3 Å². The minimum absolute atomic E-state index is 0.0569. The van der Waals surface area contributed by atoms with Crippen LogP contribution in [0.2, 0.25) is 0 Å². The molecule has 1 aliphatic carbocycles. The number of piperidine rings is 1. The predicted molar refractivity (Wildman–Crippen MR) is 157 cm³/mol. The average Bonchev–Trinajstić information content (AvgIpc) is 3.65. The Balaban J connectivity index is 1.41. The summed E-state index contributed by atoms with van der Waals surface area (Å²) in [6.07, 6.45) is -4.46. The van der Waals surface area contributed by atoms with E-state index in [4.69, 9.17) is 0 Å². The molecule has 0 aromatic heterocycles. The number of hydrogen-bond donors (Lipinski definition) is 2. The molecule has 2 aromatic rings. The van der Waals surface area contributed by atoms with Crippen LogP contribution in [0.4, 0.5) is 30.7 Å². The largest absolute Gasteiger partial charge is 0.416 e. The lowest BCUT2D eigenvalue weighted by atomic mass is 9.73. The van der Waals surface area contributed by atoms with Gasteiger partial charge in [-0.25, -0.2) is 4.39 Å². The van der Waals surface area contributed by atoms with E-state index in [9.17, 15) is 35.9 Å². The van der Waals surface area contributed by atoms with Crippen molar-refractivity contribution in [2.45, 2.75) is 70.4 Å². The number of alkyl halides is 6. The zero-order valence-corrected chi connectivity index (χ0v) is 25.5. The molecule has 0 unspecified atom stereocenters. The fraction of sp³-hybridized carbons (Fsp3) is 0.576. The molecule has 13 heteroatoms. The zero-order valence-electron chi connectivity index (χ0n) is 25.5. The SMILES string of the molecule is O=C(NCCN1CCCC1)c1ccc(CN(Cc2cc(C(F)(F)F)cc(C(F)(F)F)c2)C(=O)C2(CC3CC3)CCNCC2)cc1F. The molecule has 2 N–H and O–H groups in total. The number of nitrogens with zero attached hydrogens (tertiary/aromatic N) is 2. The van der Waals surface area contributed by atoms with Gasteiger partial charge in [0, 0.05) is 26.2 Å². The molecular weight excluding hydrogens is 617 g/mol. The van der Waals surface area contributed by atoms with Crippen LogP contribution >= 0.6 is 0 Å². The first-order valence-corrected chi connectivity index (χ1v) is 15.8. The van der Waals surface area contributed by atoms with E-state index in [1.54, 1.807) is 0 Å². The van der Waals surface area contributed by atoms with Crippen LogP contribution in [-0.4, -0.2) is 60.9 Å². The van der Waals surface area contributed by atoms with Crippen molar-refractivity contribution in [1.82, 2.24) is 20.4 Å². The Bertz CT molecular complexity index is 1360. The minimum Gasteiger partial charge on any atom is -0.351 e. The third-order valence-electron chi connectivity index (χ3n) is 9.26. The fourth-order valence-electron chi connectivity index (χ4n) is 6.64. The standard InChI is InChI=1S/C33H39F7N4O2/c34-28-17-23(5-6-27(28)29(45)42-11-14-43-12-1-2-13-43)20-44(30(46)31(19-22-3-4-22)7-9-41-10-8-31)21-24-15-25(32(35,36)37)18-26(16-24)33(38,39)40/h5-6,15-18,22,41H,1-4,7-14,19-21H2,(H,42,45).